The van der Waals surface area contributed by atoms with Crippen molar-refractivity contribution in [1.29, 1.82) is 0 Å². The van der Waals surface area contributed by atoms with E-state index in [-0.39, 0.29) is 24.2 Å². The molecule has 0 bridgehead atoms. The van der Waals surface area contributed by atoms with Crippen molar-refractivity contribution in [3.63, 3.8) is 0 Å². The van der Waals surface area contributed by atoms with Gasteiger partial charge in [-0.1, -0.05) is 12.1 Å². The molecule has 0 amide bonds. The molecule has 84 valence electrons. The fourth-order valence-corrected chi connectivity index (χ4v) is 1.20. The Kier molecular flexibility index (Phi) is 5.07. The Hall–Kier alpha value is -1.13. The highest BCUT2D eigenvalue weighted by atomic mass is 19.1. The summed E-state index contributed by atoms with van der Waals surface area (Å²) < 4.78 is 18.3. The van der Waals surface area contributed by atoms with Gasteiger partial charge in [0.05, 0.1) is 13.2 Å². The number of likely N-dealkylation sites (N-methyl/N-ethyl adjacent to an activating group) is 1. The molecule has 0 heterocycles. The van der Waals surface area contributed by atoms with Gasteiger partial charge in [-0.05, 0) is 25.6 Å². The summed E-state index contributed by atoms with van der Waals surface area (Å²) in [7, 11) is 1.77. The van der Waals surface area contributed by atoms with Crippen LogP contribution in [0.1, 0.15) is 6.42 Å². The number of nitrogens with one attached hydrogen (secondary N) is 1. The minimum atomic E-state index is -0.359. The molecule has 0 spiro atoms. The first-order valence-electron chi connectivity index (χ1n) is 4.93. The molecule has 4 heteroatoms. The molecule has 1 aromatic carbocycles. The SMILES string of the molecule is CNC(CO)CCOc1ccccc1F. The predicted octanol–water partition coefficient (Wildman–Crippen LogP) is 1.17. The van der Waals surface area contributed by atoms with Crippen molar-refractivity contribution < 1.29 is 14.2 Å². The van der Waals surface area contributed by atoms with Crippen LogP contribution >= 0.6 is 0 Å². The molecular formula is C11H16FNO2. The molecular weight excluding hydrogens is 197 g/mol. The van der Waals surface area contributed by atoms with E-state index in [1.165, 1.54) is 6.07 Å². The van der Waals surface area contributed by atoms with Crippen molar-refractivity contribution in [2.75, 3.05) is 20.3 Å². The molecule has 0 fully saturated rings. The second-order valence-electron chi connectivity index (χ2n) is 3.24. The maximum absolute atomic E-state index is 13.1. The van der Waals surface area contributed by atoms with Gasteiger partial charge in [-0.15, -0.1) is 0 Å². The highest BCUT2D eigenvalue weighted by molar-refractivity contribution is 5.23. The summed E-state index contributed by atoms with van der Waals surface area (Å²) >= 11 is 0. The molecule has 0 aliphatic rings. The van der Waals surface area contributed by atoms with Crippen molar-refractivity contribution >= 4 is 0 Å². The Balaban J connectivity index is 2.34. The van der Waals surface area contributed by atoms with E-state index in [0.29, 0.717) is 13.0 Å². The number of aliphatic hydroxyl groups excluding tert-OH is 1. The molecule has 1 atom stereocenters. The molecule has 1 aromatic rings. The van der Waals surface area contributed by atoms with Gasteiger partial charge in [0.2, 0.25) is 0 Å². The summed E-state index contributed by atoms with van der Waals surface area (Å²) in [6.07, 6.45) is 0.640. The molecule has 0 radical (unpaired) electrons. The van der Waals surface area contributed by atoms with Crippen molar-refractivity contribution in [1.82, 2.24) is 5.32 Å². The van der Waals surface area contributed by atoms with Gasteiger partial charge in [0, 0.05) is 6.04 Å². The van der Waals surface area contributed by atoms with Gasteiger partial charge in [-0.3, -0.25) is 0 Å². The third-order valence-corrected chi connectivity index (χ3v) is 2.19. The molecule has 0 aliphatic heterocycles. The first-order valence-corrected chi connectivity index (χ1v) is 4.93. The quantitative estimate of drug-likeness (QED) is 0.745. The Labute approximate surface area is 88.9 Å². The van der Waals surface area contributed by atoms with Crippen LogP contribution in [0, 0.1) is 5.82 Å². The van der Waals surface area contributed by atoms with Gasteiger partial charge in [0.15, 0.2) is 11.6 Å². The van der Waals surface area contributed by atoms with Crippen molar-refractivity contribution in [2.45, 2.75) is 12.5 Å². The second kappa shape index (κ2) is 6.37. The van der Waals surface area contributed by atoms with Crippen LogP contribution in [0.15, 0.2) is 24.3 Å². The summed E-state index contributed by atoms with van der Waals surface area (Å²) in [4.78, 5) is 0. The zero-order valence-corrected chi connectivity index (χ0v) is 8.74. The van der Waals surface area contributed by atoms with Crippen molar-refractivity contribution in [3.05, 3.63) is 30.1 Å². The molecule has 3 nitrogen and oxygen atoms in total. The number of halogens is 1. The second-order valence-corrected chi connectivity index (χ2v) is 3.24. The van der Waals surface area contributed by atoms with Gasteiger partial charge in [0.1, 0.15) is 0 Å². The monoisotopic (exact) mass is 213 g/mol. The molecule has 0 saturated carbocycles. The topological polar surface area (TPSA) is 41.5 Å². The summed E-state index contributed by atoms with van der Waals surface area (Å²) in [5, 5.41) is 11.8. The Morgan fingerprint density at radius 3 is 2.80 bits per heavy atom. The lowest BCUT2D eigenvalue weighted by atomic mass is 10.2. The Morgan fingerprint density at radius 1 is 1.47 bits per heavy atom. The summed E-state index contributed by atoms with van der Waals surface area (Å²) in [5.74, 6) is -0.104. The zero-order chi connectivity index (χ0) is 11.1. The molecule has 2 N–H and O–H groups in total. The Morgan fingerprint density at radius 2 is 2.20 bits per heavy atom. The molecule has 0 saturated heterocycles. The van der Waals surface area contributed by atoms with Gasteiger partial charge < -0.3 is 15.2 Å². The van der Waals surface area contributed by atoms with E-state index in [1.807, 2.05) is 0 Å². The van der Waals surface area contributed by atoms with Gasteiger partial charge in [0.25, 0.3) is 0 Å². The summed E-state index contributed by atoms with van der Waals surface area (Å²) in [5.41, 5.74) is 0. The van der Waals surface area contributed by atoms with E-state index >= 15 is 0 Å². The van der Waals surface area contributed by atoms with Crippen LogP contribution in [0.3, 0.4) is 0 Å². The number of ether oxygens (including phenoxy) is 1. The number of benzene rings is 1. The number of para-hydroxylation sites is 1. The smallest absolute Gasteiger partial charge is 0.165 e. The van der Waals surface area contributed by atoms with E-state index in [2.05, 4.69) is 5.32 Å². The molecule has 1 rings (SSSR count). The third kappa shape index (κ3) is 3.85. The van der Waals surface area contributed by atoms with Gasteiger partial charge in [-0.25, -0.2) is 4.39 Å². The molecule has 0 aromatic heterocycles. The largest absolute Gasteiger partial charge is 0.490 e. The molecule has 15 heavy (non-hydrogen) atoms. The van der Waals surface area contributed by atoms with Crippen LogP contribution in [0.25, 0.3) is 0 Å². The first kappa shape index (κ1) is 11.9. The summed E-state index contributed by atoms with van der Waals surface area (Å²) in [6.45, 7) is 0.435. The van der Waals surface area contributed by atoms with Gasteiger partial charge >= 0.3 is 0 Å². The minimum Gasteiger partial charge on any atom is -0.490 e. The van der Waals surface area contributed by atoms with Crippen LogP contribution < -0.4 is 10.1 Å². The van der Waals surface area contributed by atoms with Crippen LogP contribution in [0.4, 0.5) is 4.39 Å². The van der Waals surface area contributed by atoms with Crippen molar-refractivity contribution in [3.8, 4) is 5.75 Å². The fraction of sp³-hybridized carbons (Fsp3) is 0.455. The van der Waals surface area contributed by atoms with Crippen molar-refractivity contribution in [2.24, 2.45) is 0 Å². The van der Waals surface area contributed by atoms with Crippen LogP contribution in [-0.2, 0) is 0 Å². The Bertz CT molecular complexity index is 290. The number of hydrogen-bond donors (Lipinski definition) is 2. The van der Waals surface area contributed by atoms with Crippen LogP contribution in [-0.4, -0.2) is 31.4 Å². The number of rotatable bonds is 6. The maximum Gasteiger partial charge on any atom is 0.165 e. The number of aliphatic hydroxyl groups is 1. The van der Waals surface area contributed by atoms with E-state index in [1.54, 1.807) is 25.2 Å². The normalized spacial score (nSPS) is 12.5. The zero-order valence-electron chi connectivity index (χ0n) is 8.74. The summed E-state index contributed by atoms with van der Waals surface area (Å²) in [6, 6.07) is 6.28. The fourth-order valence-electron chi connectivity index (χ4n) is 1.20. The average Bonchev–Trinajstić information content (AvgIpc) is 2.27. The lowest BCUT2D eigenvalue weighted by Crippen LogP contribution is -2.30. The van der Waals surface area contributed by atoms with E-state index in [9.17, 15) is 4.39 Å². The lowest BCUT2D eigenvalue weighted by Gasteiger charge is -2.13. The van der Waals surface area contributed by atoms with Crippen LogP contribution in [0.5, 0.6) is 5.75 Å². The average molecular weight is 213 g/mol. The molecule has 1 unspecified atom stereocenters. The lowest BCUT2D eigenvalue weighted by molar-refractivity contribution is 0.211. The predicted molar refractivity (Wildman–Crippen MR) is 56.4 cm³/mol. The van der Waals surface area contributed by atoms with E-state index < -0.39 is 0 Å². The highest BCUT2D eigenvalue weighted by Crippen LogP contribution is 2.15. The number of hydrogen-bond acceptors (Lipinski definition) is 3. The van der Waals surface area contributed by atoms with Gasteiger partial charge in [-0.2, -0.15) is 0 Å². The highest BCUT2D eigenvalue weighted by Gasteiger charge is 2.05. The minimum absolute atomic E-state index is 0.00299. The molecule has 0 aliphatic carbocycles. The standard InChI is InChI=1S/C11H16FNO2/c1-13-9(8-14)6-7-15-11-5-3-2-4-10(11)12/h2-5,9,13-14H,6-8H2,1H3. The van der Waals surface area contributed by atoms with E-state index in [4.69, 9.17) is 9.84 Å². The maximum atomic E-state index is 13.1. The third-order valence-electron chi connectivity index (χ3n) is 2.19. The first-order chi connectivity index (χ1) is 7.27. The van der Waals surface area contributed by atoms with E-state index in [0.717, 1.165) is 0 Å². The van der Waals surface area contributed by atoms with Crippen LogP contribution in [0.2, 0.25) is 0 Å².